The molecule has 0 spiro atoms. The van der Waals surface area contributed by atoms with Crippen molar-refractivity contribution in [1.82, 2.24) is 4.98 Å². The Balaban J connectivity index is 2.63. The van der Waals surface area contributed by atoms with E-state index < -0.39 is 17.5 Å². The molecule has 4 nitrogen and oxygen atoms in total. The minimum absolute atomic E-state index is 0.0243. The number of amides is 1. The van der Waals surface area contributed by atoms with Gasteiger partial charge in [-0.2, -0.15) is 0 Å². The maximum Gasteiger partial charge on any atom is 0.270 e. The molecule has 0 fully saturated rings. The molecule has 18 heavy (non-hydrogen) atoms. The van der Waals surface area contributed by atoms with E-state index in [1.54, 1.807) is 0 Å². The van der Waals surface area contributed by atoms with Gasteiger partial charge in [0.15, 0.2) is 5.69 Å². The highest BCUT2D eigenvalue weighted by molar-refractivity contribution is 9.10. The summed E-state index contributed by atoms with van der Waals surface area (Å²) in [5, 5.41) is 0.00280. The summed E-state index contributed by atoms with van der Waals surface area (Å²) in [6, 6.07) is 2.19. The van der Waals surface area contributed by atoms with Crippen LogP contribution in [0.25, 0.3) is 10.6 Å². The van der Waals surface area contributed by atoms with E-state index in [1.807, 2.05) is 0 Å². The molecule has 94 valence electrons. The van der Waals surface area contributed by atoms with Crippen LogP contribution < -0.4 is 11.5 Å². The molecular formula is C10H6BrF2N3OS. The van der Waals surface area contributed by atoms with Gasteiger partial charge in [0.1, 0.15) is 21.6 Å². The van der Waals surface area contributed by atoms with Gasteiger partial charge >= 0.3 is 0 Å². The van der Waals surface area contributed by atoms with Gasteiger partial charge in [-0.1, -0.05) is 27.3 Å². The molecule has 2 aromatic rings. The number of rotatable bonds is 2. The first-order chi connectivity index (χ1) is 8.40. The Labute approximate surface area is 113 Å². The van der Waals surface area contributed by atoms with E-state index in [2.05, 4.69) is 20.9 Å². The van der Waals surface area contributed by atoms with Crippen LogP contribution in [0, 0.1) is 11.6 Å². The van der Waals surface area contributed by atoms with Crippen LogP contribution in [-0.2, 0) is 0 Å². The maximum absolute atomic E-state index is 13.7. The molecular weight excluding hydrogens is 328 g/mol. The number of benzene rings is 1. The van der Waals surface area contributed by atoms with Crippen LogP contribution in [0.5, 0.6) is 0 Å². The van der Waals surface area contributed by atoms with E-state index in [9.17, 15) is 13.6 Å². The lowest BCUT2D eigenvalue weighted by molar-refractivity contribution is 0.0997. The van der Waals surface area contributed by atoms with E-state index in [-0.39, 0.29) is 25.7 Å². The summed E-state index contributed by atoms with van der Waals surface area (Å²) >= 11 is 3.77. The molecule has 1 aromatic heterocycles. The minimum Gasteiger partial charge on any atom is -0.389 e. The molecule has 1 amide bonds. The van der Waals surface area contributed by atoms with Gasteiger partial charge in [0.05, 0.1) is 5.56 Å². The Morgan fingerprint density at radius 3 is 2.33 bits per heavy atom. The van der Waals surface area contributed by atoms with Gasteiger partial charge in [0, 0.05) is 4.47 Å². The van der Waals surface area contributed by atoms with Crippen molar-refractivity contribution in [3.05, 3.63) is 33.9 Å². The molecule has 0 aliphatic carbocycles. The molecule has 8 heteroatoms. The first-order valence-electron chi connectivity index (χ1n) is 4.61. The SMILES string of the molecule is NC(=O)c1nc(-c2c(F)cc(Br)cc2F)sc1N. The third-order valence-electron chi connectivity index (χ3n) is 2.11. The largest absolute Gasteiger partial charge is 0.389 e. The maximum atomic E-state index is 13.7. The number of halogens is 3. The molecule has 1 aromatic carbocycles. The molecule has 0 atom stereocenters. The number of hydrogen-bond acceptors (Lipinski definition) is 4. The third kappa shape index (κ3) is 2.21. The second-order valence-corrected chi connectivity index (χ2v) is 5.29. The third-order valence-corrected chi connectivity index (χ3v) is 3.47. The van der Waals surface area contributed by atoms with Gasteiger partial charge in [-0.15, -0.1) is 0 Å². The summed E-state index contributed by atoms with van der Waals surface area (Å²) in [5.74, 6) is -2.44. The Kier molecular flexibility index (Phi) is 3.31. The highest BCUT2D eigenvalue weighted by atomic mass is 79.9. The van der Waals surface area contributed by atoms with E-state index in [1.165, 1.54) is 0 Å². The summed E-state index contributed by atoms with van der Waals surface area (Å²) in [6.45, 7) is 0. The number of nitrogens with two attached hydrogens (primary N) is 2. The van der Waals surface area contributed by atoms with Crippen molar-refractivity contribution >= 4 is 38.2 Å². The zero-order valence-electron chi connectivity index (χ0n) is 8.71. The molecule has 1 heterocycles. The lowest BCUT2D eigenvalue weighted by Crippen LogP contribution is -2.13. The van der Waals surface area contributed by atoms with E-state index in [0.717, 1.165) is 23.5 Å². The number of primary amides is 1. The molecule has 0 unspecified atom stereocenters. The predicted molar refractivity (Wildman–Crippen MR) is 68.1 cm³/mol. The van der Waals surface area contributed by atoms with E-state index in [0.29, 0.717) is 0 Å². The van der Waals surface area contributed by atoms with Gasteiger partial charge < -0.3 is 11.5 Å². The zero-order chi connectivity index (χ0) is 13.4. The lowest BCUT2D eigenvalue weighted by atomic mass is 10.2. The molecule has 0 radical (unpaired) electrons. The topological polar surface area (TPSA) is 82.0 Å². The van der Waals surface area contributed by atoms with Gasteiger partial charge in [-0.3, -0.25) is 4.79 Å². The quantitative estimate of drug-likeness (QED) is 0.885. The van der Waals surface area contributed by atoms with Crippen molar-refractivity contribution < 1.29 is 13.6 Å². The van der Waals surface area contributed by atoms with Gasteiger partial charge in [-0.25, -0.2) is 13.8 Å². The fourth-order valence-electron chi connectivity index (χ4n) is 1.36. The number of nitrogens with zero attached hydrogens (tertiary/aromatic N) is 1. The van der Waals surface area contributed by atoms with E-state index >= 15 is 0 Å². The summed E-state index contributed by atoms with van der Waals surface area (Å²) in [5.41, 5.74) is 10.0. The summed E-state index contributed by atoms with van der Waals surface area (Å²) in [4.78, 5) is 14.7. The van der Waals surface area contributed by atoms with Crippen molar-refractivity contribution in [3.8, 4) is 10.6 Å². The van der Waals surface area contributed by atoms with Crippen LogP contribution >= 0.6 is 27.3 Å². The van der Waals surface area contributed by atoms with Crippen LogP contribution in [0.2, 0.25) is 0 Å². The number of nitrogen functional groups attached to an aromatic ring is 1. The van der Waals surface area contributed by atoms with Crippen LogP contribution in [0.15, 0.2) is 16.6 Å². The second-order valence-electron chi connectivity index (χ2n) is 3.34. The molecule has 4 N–H and O–H groups in total. The van der Waals surface area contributed by atoms with E-state index in [4.69, 9.17) is 11.5 Å². The van der Waals surface area contributed by atoms with Crippen LogP contribution in [0.1, 0.15) is 10.5 Å². The Hall–Kier alpha value is -1.54. The average Bonchev–Trinajstić information content (AvgIpc) is 2.58. The number of thiazole rings is 1. The Bertz CT molecular complexity index is 621. The monoisotopic (exact) mass is 333 g/mol. The number of hydrogen-bond donors (Lipinski definition) is 2. The van der Waals surface area contributed by atoms with Crippen molar-refractivity contribution in [1.29, 1.82) is 0 Å². The molecule has 0 bridgehead atoms. The Morgan fingerprint density at radius 1 is 1.33 bits per heavy atom. The number of carbonyl (C=O) groups is 1. The molecule has 0 aliphatic rings. The number of aromatic nitrogens is 1. The number of carbonyl (C=O) groups excluding carboxylic acids is 1. The normalized spacial score (nSPS) is 10.6. The molecule has 0 aliphatic heterocycles. The zero-order valence-corrected chi connectivity index (χ0v) is 11.1. The molecule has 0 saturated heterocycles. The first-order valence-corrected chi connectivity index (χ1v) is 6.22. The van der Waals surface area contributed by atoms with Crippen molar-refractivity contribution in [3.63, 3.8) is 0 Å². The summed E-state index contributed by atoms with van der Waals surface area (Å²) < 4.78 is 27.6. The van der Waals surface area contributed by atoms with Crippen LogP contribution in [0.4, 0.5) is 13.8 Å². The highest BCUT2D eigenvalue weighted by Crippen LogP contribution is 2.34. The van der Waals surface area contributed by atoms with Crippen molar-refractivity contribution in [2.45, 2.75) is 0 Å². The smallest absolute Gasteiger partial charge is 0.270 e. The summed E-state index contributed by atoms with van der Waals surface area (Å²) in [7, 11) is 0. The molecule has 0 saturated carbocycles. The van der Waals surface area contributed by atoms with Gasteiger partial charge in [-0.05, 0) is 12.1 Å². The fraction of sp³-hybridized carbons (Fsp3) is 0. The van der Waals surface area contributed by atoms with Crippen molar-refractivity contribution in [2.24, 2.45) is 5.73 Å². The number of anilines is 1. The van der Waals surface area contributed by atoms with Gasteiger partial charge in [0.2, 0.25) is 0 Å². The minimum atomic E-state index is -0.840. The summed E-state index contributed by atoms with van der Waals surface area (Å²) in [6.07, 6.45) is 0. The second kappa shape index (κ2) is 4.62. The van der Waals surface area contributed by atoms with Gasteiger partial charge in [0.25, 0.3) is 5.91 Å². The average molecular weight is 334 g/mol. The first kappa shape index (κ1) is 12.9. The fourth-order valence-corrected chi connectivity index (χ4v) is 2.65. The predicted octanol–water partition coefficient (Wildman–Crippen LogP) is 2.53. The van der Waals surface area contributed by atoms with Crippen molar-refractivity contribution in [2.75, 3.05) is 5.73 Å². The highest BCUT2D eigenvalue weighted by Gasteiger charge is 2.20. The standard InChI is InChI=1S/C10H6BrF2N3OS/c11-3-1-4(12)6(5(13)2-3)10-16-7(8(14)17)9(15)18-10/h1-2H,15H2,(H2,14,17). The van der Waals surface area contributed by atoms with Crippen LogP contribution in [0.3, 0.4) is 0 Å². The molecule has 2 rings (SSSR count). The Morgan fingerprint density at radius 2 is 1.89 bits per heavy atom. The van der Waals surface area contributed by atoms with Crippen LogP contribution in [-0.4, -0.2) is 10.9 Å². The lowest BCUT2D eigenvalue weighted by Gasteiger charge is -2.01.